The summed E-state index contributed by atoms with van der Waals surface area (Å²) in [6.07, 6.45) is 5.62. The number of hydrogen-bond acceptors (Lipinski definition) is 2. The highest BCUT2D eigenvalue weighted by molar-refractivity contribution is 4.79. The van der Waals surface area contributed by atoms with Crippen LogP contribution in [-0.2, 0) is 0 Å². The maximum absolute atomic E-state index is 3.20. The third-order valence-electron chi connectivity index (χ3n) is 2.87. The molecule has 1 saturated carbocycles. The molecule has 0 aliphatic heterocycles. The van der Waals surface area contributed by atoms with Crippen molar-refractivity contribution in [1.29, 1.82) is 0 Å². The first-order valence-electron chi connectivity index (χ1n) is 5.27. The van der Waals surface area contributed by atoms with Crippen molar-refractivity contribution in [2.45, 2.75) is 38.6 Å². The molecule has 2 nitrogen and oxygen atoms in total. The molecular weight excluding hydrogens is 148 g/mol. The quantitative estimate of drug-likeness (QED) is 0.607. The first kappa shape index (κ1) is 10.0. The average Bonchev–Trinajstić information content (AvgIpc) is 1.99. The monoisotopic (exact) mass is 170 g/mol. The van der Waals surface area contributed by atoms with Crippen molar-refractivity contribution < 1.29 is 0 Å². The Morgan fingerprint density at radius 3 is 2.58 bits per heavy atom. The topological polar surface area (TPSA) is 15.3 Å². The summed E-state index contributed by atoms with van der Waals surface area (Å²) in [5, 5.41) is 3.20. The largest absolute Gasteiger partial charge is 0.320 e. The lowest BCUT2D eigenvalue weighted by molar-refractivity contribution is 0.133. The summed E-state index contributed by atoms with van der Waals surface area (Å²) in [7, 11) is 2.03. The van der Waals surface area contributed by atoms with Crippen LogP contribution in [-0.4, -0.2) is 37.6 Å². The van der Waals surface area contributed by atoms with E-state index in [1.54, 1.807) is 0 Å². The fourth-order valence-electron chi connectivity index (χ4n) is 1.81. The van der Waals surface area contributed by atoms with Gasteiger partial charge >= 0.3 is 0 Å². The molecule has 2 heteroatoms. The molecule has 0 aromatic carbocycles. The van der Waals surface area contributed by atoms with Crippen LogP contribution in [0.2, 0.25) is 0 Å². The van der Waals surface area contributed by atoms with Crippen molar-refractivity contribution in [2.24, 2.45) is 0 Å². The standard InChI is InChI=1S/C10H22N2/c1-3-12(9-5-8-11-2)10-6-4-7-10/h10-11H,3-9H2,1-2H3. The van der Waals surface area contributed by atoms with E-state index in [-0.39, 0.29) is 0 Å². The van der Waals surface area contributed by atoms with Crippen LogP contribution in [0.15, 0.2) is 0 Å². The molecule has 0 aromatic heterocycles. The normalized spacial score (nSPS) is 18.2. The lowest BCUT2D eigenvalue weighted by atomic mass is 9.91. The molecule has 1 rings (SSSR count). The van der Waals surface area contributed by atoms with Gasteiger partial charge in [-0.3, -0.25) is 0 Å². The Morgan fingerprint density at radius 1 is 1.42 bits per heavy atom. The van der Waals surface area contributed by atoms with Crippen LogP contribution in [0.3, 0.4) is 0 Å². The van der Waals surface area contributed by atoms with E-state index >= 15 is 0 Å². The van der Waals surface area contributed by atoms with Gasteiger partial charge in [-0.25, -0.2) is 0 Å². The summed E-state index contributed by atoms with van der Waals surface area (Å²) in [6, 6.07) is 0.923. The summed E-state index contributed by atoms with van der Waals surface area (Å²) in [5.74, 6) is 0. The third-order valence-corrected chi connectivity index (χ3v) is 2.87. The van der Waals surface area contributed by atoms with Crippen LogP contribution in [0.5, 0.6) is 0 Å². The van der Waals surface area contributed by atoms with Gasteiger partial charge in [-0.15, -0.1) is 0 Å². The molecule has 72 valence electrons. The second-order valence-electron chi connectivity index (χ2n) is 3.67. The maximum Gasteiger partial charge on any atom is 0.00951 e. The van der Waals surface area contributed by atoms with E-state index in [0.29, 0.717) is 0 Å². The van der Waals surface area contributed by atoms with E-state index in [9.17, 15) is 0 Å². The lowest BCUT2D eigenvalue weighted by Crippen LogP contribution is -2.41. The number of nitrogens with zero attached hydrogens (tertiary/aromatic N) is 1. The summed E-state index contributed by atoms with van der Waals surface area (Å²) >= 11 is 0. The molecule has 1 N–H and O–H groups in total. The highest BCUT2D eigenvalue weighted by Crippen LogP contribution is 2.24. The van der Waals surface area contributed by atoms with Crippen LogP contribution in [0.4, 0.5) is 0 Å². The van der Waals surface area contributed by atoms with E-state index in [1.165, 1.54) is 38.8 Å². The van der Waals surface area contributed by atoms with E-state index in [2.05, 4.69) is 17.1 Å². The van der Waals surface area contributed by atoms with Gasteiger partial charge in [0.15, 0.2) is 0 Å². The van der Waals surface area contributed by atoms with E-state index in [0.717, 1.165) is 12.6 Å². The Kier molecular flexibility index (Phi) is 4.62. The summed E-state index contributed by atoms with van der Waals surface area (Å²) in [5.41, 5.74) is 0. The molecule has 12 heavy (non-hydrogen) atoms. The second-order valence-corrected chi connectivity index (χ2v) is 3.67. The van der Waals surface area contributed by atoms with Gasteiger partial charge < -0.3 is 10.2 Å². The zero-order valence-corrected chi connectivity index (χ0v) is 8.47. The molecule has 0 atom stereocenters. The first-order valence-corrected chi connectivity index (χ1v) is 5.27. The highest BCUT2D eigenvalue weighted by atomic mass is 15.2. The van der Waals surface area contributed by atoms with Gasteiger partial charge in [-0.1, -0.05) is 13.3 Å². The molecule has 1 fully saturated rings. The van der Waals surface area contributed by atoms with Crippen LogP contribution in [0, 0.1) is 0 Å². The predicted molar refractivity (Wildman–Crippen MR) is 53.4 cm³/mol. The molecule has 1 aliphatic carbocycles. The minimum Gasteiger partial charge on any atom is -0.320 e. The summed E-state index contributed by atoms with van der Waals surface area (Å²) < 4.78 is 0. The molecule has 0 amide bonds. The van der Waals surface area contributed by atoms with E-state index in [4.69, 9.17) is 0 Å². The zero-order valence-electron chi connectivity index (χ0n) is 8.47. The molecule has 0 heterocycles. The van der Waals surface area contributed by atoms with Crippen molar-refractivity contribution in [2.75, 3.05) is 26.7 Å². The Hall–Kier alpha value is -0.0800. The third kappa shape index (κ3) is 2.76. The summed E-state index contributed by atoms with van der Waals surface area (Å²) in [4.78, 5) is 2.63. The minimum atomic E-state index is 0.923. The van der Waals surface area contributed by atoms with Crippen LogP contribution in [0.1, 0.15) is 32.6 Å². The first-order chi connectivity index (χ1) is 5.88. The fraction of sp³-hybridized carbons (Fsp3) is 1.00. The molecule has 0 aromatic rings. The molecule has 1 aliphatic rings. The zero-order chi connectivity index (χ0) is 8.81. The highest BCUT2D eigenvalue weighted by Gasteiger charge is 2.22. The van der Waals surface area contributed by atoms with Gasteiger partial charge in [0.1, 0.15) is 0 Å². The van der Waals surface area contributed by atoms with Crippen LogP contribution < -0.4 is 5.32 Å². The lowest BCUT2D eigenvalue weighted by Gasteiger charge is -2.36. The number of rotatable bonds is 6. The fourth-order valence-corrected chi connectivity index (χ4v) is 1.81. The molecule has 0 unspecified atom stereocenters. The van der Waals surface area contributed by atoms with Crippen molar-refractivity contribution in [3.05, 3.63) is 0 Å². The van der Waals surface area contributed by atoms with E-state index in [1.807, 2.05) is 7.05 Å². The van der Waals surface area contributed by atoms with Gasteiger partial charge in [-0.2, -0.15) is 0 Å². The summed E-state index contributed by atoms with van der Waals surface area (Å²) in [6.45, 7) is 5.94. The molecular formula is C10H22N2. The van der Waals surface area contributed by atoms with Gasteiger partial charge in [0, 0.05) is 6.04 Å². The van der Waals surface area contributed by atoms with Crippen molar-refractivity contribution in [1.82, 2.24) is 10.2 Å². The minimum absolute atomic E-state index is 0.923. The van der Waals surface area contributed by atoms with Crippen LogP contribution in [0.25, 0.3) is 0 Å². The Balaban J connectivity index is 2.07. The van der Waals surface area contributed by atoms with E-state index < -0.39 is 0 Å². The maximum atomic E-state index is 3.20. The van der Waals surface area contributed by atoms with Crippen LogP contribution >= 0.6 is 0 Å². The Labute approximate surface area is 76.3 Å². The Bertz CT molecular complexity index is 110. The Morgan fingerprint density at radius 2 is 2.17 bits per heavy atom. The van der Waals surface area contributed by atoms with Gasteiger partial charge in [0.05, 0.1) is 0 Å². The van der Waals surface area contributed by atoms with Crippen molar-refractivity contribution in [3.63, 3.8) is 0 Å². The van der Waals surface area contributed by atoms with Gasteiger partial charge in [0.25, 0.3) is 0 Å². The molecule has 0 saturated heterocycles. The van der Waals surface area contributed by atoms with Crippen molar-refractivity contribution >= 4 is 0 Å². The smallest absolute Gasteiger partial charge is 0.00951 e. The predicted octanol–water partition coefficient (Wildman–Crippen LogP) is 1.47. The number of hydrogen-bond donors (Lipinski definition) is 1. The van der Waals surface area contributed by atoms with Gasteiger partial charge in [-0.05, 0) is 45.9 Å². The second kappa shape index (κ2) is 5.55. The average molecular weight is 170 g/mol. The number of nitrogens with one attached hydrogen (secondary N) is 1. The molecule has 0 bridgehead atoms. The molecule has 0 radical (unpaired) electrons. The van der Waals surface area contributed by atoms with Gasteiger partial charge in [0.2, 0.25) is 0 Å². The molecule has 0 spiro atoms. The SMILES string of the molecule is CCN(CCCNC)C1CCC1. The van der Waals surface area contributed by atoms with Crippen molar-refractivity contribution in [3.8, 4) is 0 Å².